The minimum absolute atomic E-state index is 0.00545. The van der Waals surface area contributed by atoms with Crippen molar-refractivity contribution in [1.29, 1.82) is 0 Å². The molecule has 1 saturated heterocycles. The van der Waals surface area contributed by atoms with E-state index in [1.807, 2.05) is 6.07 Å². The Morgan fingerprint density at radius 3 is 2.69 bits per heavy atom. The van der Waals surface area contributed by atoms with Gasteiger partial charge in [-0.25, -0.2) is 4.39 Å². The van der Waals surface area contributed by atoms with Crippen molar-refractivity contribution in [2.24, 2.45) is 5.92 Å². The molecule has 0 aromatic heterocycles. The zero-order valence-electron chi connectivity index (χ0n) is 19.7. The van der Waals surface area contributed by atoms with Crippen LogP contribution >= 0.6 is 0 Å². The molecule has 1 spiro atoms. The first kappa shape index (κ1) is 21.1. The van der Waals surface area contributed by atoms with Crippen LogP contribution in [0.4, 0.5) is 4.39 Å². The van der Waals surface area contributed by atoms with Gasteiger partial charge in [0.25, 0.3) is 11.8 Å². The fraction of sp³-hybridized carbons (Fsp3) is 0.500. The summed E-state index contributed by atoms with van der Waals surface area (Å²) < 4.78 is 21.1. The summed E-state index contributed by atoms with van der Waals surface area (Å²) in [7, 11) is 0. The third-order valence-electron chi connectivity index (χ3n) is 9.96. The Labute approximate surface area is 207 Å². The summed E-state index contributed by atoms with van der Waals surface area (Å²) in [6.07, 6.45) is 3.77. The third-order valence-corrected chi connectivity index (χ3v) is 9.96. The van der Waals surface area contributed by atoms with Crippen LogP contribution in [0.2, 0.25) is 0 Å². The molecule has 5 atom stereocenters. The number of aliphatic hydroxyl groups is 1. The number of ether oxygens (including phenoxy) is 1. The lowest BCUT2D eigenvalue weighted by atomic mass is 9.48. The number of rotatable bonds is 3. The number of phenolic OH excluding ortho intramolecular Hbond substituents is 1. The summed E-state index contributed by atoms with van der Waals surface area (Å²) in [6.45, 7) is 1.75. The van der Waals surface area contributed by atoms with E-state index >= 15 is 0 Å². The Bertz CT molecular complexity index is 1370. The number of phenols is 1. The molecule has 0 radical (unpaired) electrons. The van der Waals surface area contributed by atoms with Gasteiger partial charge in [0.05, 0.1) is 28.2 Å². The molecule has 6 aliphatic rings. The summed E-state index contributed by atoms with van der Waals surface area (Å²) >= 11 is 0. The van der Waals surface area contributed by atoms with E-state index in [2.05, 4.69) is 4.90 Å². The fourth-order valence-electron chi connectivity index (χ4n) is 8.28. The lowest BCUT2D eigenvalue weighted by Crippen LogP contribution is -2.78. The number of benzene rings is 2. The largest absolute Gasteiger partial charge is 0.504 e. The predicted molar refractivity (Wildman–Crippen MR) is 125 cm³/mol. The minimum atomic E-state index is -1.11. The van der Waals surface area contributed by atoms with Crippen LogP contribution in [0.25, 0.3) is 0 Å². The summed E-state index contributed by atoms with van der Waals surface area (Å²) in [5.74, 6) is -0.836. The highest BCUT2D eigenvalue weighted by Crippen LogP contribution is 2.66. The first-order valence-electron chi connectivity index (χ1n) is 13.0. The quantitative estimate of drug-likeness (QED) is 0.644. The van der Waals surface area contributed by atoms with Crippen molar-refractivity contribution in [3.63, 3.8) is 0 Å². The molecule has 2 N–H and O–H groups in total. The van der Waals surface area contributed by atoms with Gasteiger partial charge in [-0.05, 0) is 74.8 Å². The van der Waals surface area contributed by atoms with Crippen LogP contribution in [0.15, 0.2) is 30.3 Å². The van der Waals surface area contributed by atoms with Crippen LogP contribution in [0.3, 0.4) is 0 Å². The second-order valence-corrected chi connectivity index (χ2v) is 11.5. The molecular formula is C28H27FN2O5. The maximum atomic E-state index is 14.6. The molecular weight excluding hydrogens is 463 g/mol. The number of halogens is 1. The van der Waals surface area contributed by atoms with Gasteiger partial charge in [-0.2, -0.15) is 0 Å². The molecule has 36 heavy (non-hydrogen) atoms. The van der Waals surface area contributed by atoms with E-state index in [1.165, 1.54) is 31.0 Å². The average molecular weight is 491 g/mol. The van der Waals surface area contributed by atoms with Crippen LogP contribution in [0.5, 0.6) is 11.5 Å². The zero-order chi connectivity index (χ0) is 24.6. The minimum Gasteiger partial charge on any atom is -0.504 e. The maximum absolute atomic E-state index is 14.6. The van der Waals surface area contributed by atoms with Crippen LogP contribution in [-0.4, -0.2) is 68.7 Å². The zero-order valence-corrected chi connectivity index (χ0v) is 19.7. The van der Waals surface area contributed by atoms with Crippen molar-refractivity contribution in [2.75, 3.05) is 13.1 Å². The van der Waals surface area contributed by atoms with E-state index in [1.54, 1.807) is 6.07 Å². The van der Waals surface area contributed by atoms with Crippen LogP contribution in [-0.2, 0) is 11.8 Å². The Balaban J connectivity index is 1.28. The molecule has 186 valence electrons. The summed E-state index contributed by atoms with van der Waals surface area (Å²) in [5.41, 5.74) is -0.203. The first-order valence-corrected chi connectivity index (χ1v) is 13.0. The fourth-order valence-corrected chi connectivity index (χ4v) is 8.28. The third kappa shape index (κ3) is 2.31. The Morgan fingerprint density at radius 1 is 1.08 bits per heavy atom. The number of hydrogen-bond acceptors (Lipinski definition) is 6. The molecule has 3 fully saturated rings. The van der Waals surface area contributed by atoms with Gasteiger partial charge in [0.15, 0.2) is 11.5 Å². The smallest absolute Gasteiger partial charge is 0.264 e. The summed E-state index contributed by atoms with van der Waals surface area (Å²) in [4.78, 5) is 30.5. The average Bonchev–Trinajstić information content (AvgIpc) is 3.54. The molecule has 2 aromatic carbocycles. The molecule has 7 nitrogen and oxygen atoms in total. The molecule has 8 rings (SSSR count). The Kier molecular flexibility index (Phi) is 3.91. The highest BCUT2D eigenvalue weighted by atomic mass is 19.1. The summed E-state index contributed by atoms with van der Waals surface area (Å²) in [5, 5.41) is 23.4. The van der Waals surface area contributed by atoms with Crippen LogP contribution in [0.1, 0.15) is 63.9 Å². The molecule has 3 heterocycles. The number of fused-ring (bicyclic) bond motifs is 1. The number of amides is 2. The van der Waals surface area contributed by atoms with Gasteiger partial charge in [-0.3, -0.25) is 19.4 Å². The number of nitrogens with zero attached hydrogens (tertiary/aromatic N) is 2. The van der Waals surface area contributed by atoms with Crippen molar-refractivity contribution in [3.8, 4) is 11.5 Å². The second-order valence-electron chi connectivity index (χ2n) is 11.5. The van der Waals surface area contributed by atoms with Gasteiger partial charge in [0.1, 0.15) is 11.9 Å². The van der Waals surface area contributed by atoms with Gasteiger partial charge < -0.3 is 14.9 Å². The highest BCUT2D eigenvalue weighted by molar-refractivity contribution is 6.21. The van der Waals surface area contributed by atoms with E-state index < -0.39 is 40.8 Å². The molecule has 2 amide bonds. The molecule has 3 aliphatic heterocycles. The van der Waals surface area contributed by atoms with Gasteiger partial charge in [-0.15, -0.1) is 0 Å². The van der Waals surface area contributed by atoms with Crippen LogP contribution < -0.4 is 4.74 Å². The molecule has 2 bridgehead atoms. The standard InChI is InChI=1S/C28H27FN2O5/c29-17-3-1-2-16-21(17)26(34)31(25(16)33)18-8-9-28(35)20-12-15-6-7-19(32)23-22(15)27(28,24(18)36-23)10-11-30(20)13-14-4-5-14/h1-3,6-7,14,18,20,24,32,35H,4-5,8-13H2/t18-,20+,24+,27+,28-/m1/s1. The number of aromatic hydroxyl groups is 1. The van der Waals surface area contributed by atoms with Crippen molar-refractivity contribution in [1.82, 2.24) is 9.80 Å². The predicted octanol–water partition coefficient (Wildman–Crippen LogP) is 2.76. The number of hydrogen-bond donors (Lipinski definition) is 2. The van der Waals surface area contributed by atoms with E-state index in [9.17, 15) is 24.2 Å². The second kappa shape index (κ2) is 6.66. The number of imide groups is 1. The lowest BCUT2D eigenvalue weighted by molar-refractivity contribution is -0.196. The number of carbonyl (C=O) groups excluding carboxylic acids is 2. The maximum Gasteiger partial charge on any atom is 0.264 e. The van der Waals surface area contributed by atoms with Gasteiger partial charge in [-0.1, -0.05) is 12.1 Å². The highest BCUT2D eigenvalue weighted by Gasteiger charge is 2.74. The summed E-state index contributed by atoms with van der Waals surface area (Å²) in [6, 6.07) is 6.91. The lowest BCUT2D eigenvalue weighted by Gasteiger charge is -2.64. The normalized spacial score (nSPS) is 36.1. The first-order chi connectivity index (χ1) is 17.3. The van der Waals surface area contributed by atoms with E-state index in [4.69, 9.17) is 4.74 Å². The van der Waals surface area contributed by atoms with Gasteiger partial charge >= 0.3 is 0 Å². The molecule has 0 unspecified atom stereocenters. The molecule has 3 aliphatic carbocycles. The van der Waals surface area contributed by atoms with E-state index in [-0.39, 0.29) is 22.9 Å². The van der Waals surface area contributed by atoms with Gasteiger partial charge in [0, 0.05) is 18.2 Å². The van der Waals surface area contributed by atoms with Crippen molar-refractivity contribution in [2.45, 2.75) is 67.7 Å². The molecule has 8 heteroatoms. The SMILES string of the molecule is O=C1c2cccc(F)c2C(=O)N1[C@@H]1CC[C@@]2(O)[C@@H]3Cc4ccc(O)c5c4[C@@]2(CCN3CC2CC2)[C@H]1O5. The van der Waals surface area contributed by atoms with Crippen molar-refractivity contribution in [3.05, 3.63) is 58.4 Å². The Morgan fingerprint density at radius 2 is 1.92 bits per heavy atom. The number of carbonyl (C=O) groups is 2. The van der Waals surface area contributed by atoms with Gasteiger partial charge in [0.2, 0.25) is 0 Å². The molecule has 2 saturated carbocycles. The van der Waals surface area contributed by atoms with E-state index in [0.717, 1.165) is 29.1 Å². The van der Waals surface area contributed by atoms with Crippen LogP contribution in [0, 0.1) is 11.7 Å². The Hall–Kier alpha value is -2.97. The number of piperidine rings is 1. The number of likely N-dealkylation sites (tertiary alicyclic amines) is 1. The topological polar surface area (TPSA) is 90.3 Å². The van der Waals surface area contributed by atoms with E-state index in [0.29, 0.717) is 37.4 Å². The monoisotopic (exact) mass is 490 g/mol. The molecule has 2 aromatic rings. The van der Waals surface area contributed by atoms with Crippen molar-refractivity contribution < 1.29 is 28.9 Å². The van der Waals surface area contributed by atoms with Crippen molar-refractivity contribution >= 4 is 11.8 Å².